The van der Waals surface area contributed by atoms with Gasteiger partial charge in [0.2, 0.25) is 0 Å². The fraction of sp³-hybridized carbons (Fsp3) is 0.136. The summed E-state index contributed by atoms with van der Waals surface area (Å²) >= 11 is 0. The molecule has 14 heteroatoms. The summed E-state index contributed by atoms with van der Waals surface area (Å²) in [5.74, 6) is -4.78. The summed E-state index contributed by atoms with van der Waals surface area (Å²) in [5, 5.41) is 2.09. The van der Waals surface area contributed by atoms with Gasteiger partial charge in [-0.05, 0) is 54.6 Å². The van der Waals surface area contributed by atoms with Crippen molar-refractivity contribution < 1.29 is 58.2 Å². The number of carbonyl (C=O) groups excluding carboxylic acids is 1. The predicted octanol–water partition coefficient (Wildman–Crippen LogP) is 7.81. The minimum Gasteiger partial charge on any atom is -0.457 e. The molecule has 3 aromatic rings. The van der Waals surface area contributed by atoms with Crippen molar-refractivity contribution in [2.24, 2.45) is 0 Å². The summed E-state index contributed by atoms with van der Waals surface area (Å²) in [4.78, 5) is 12.3. The van der Waals surface area contributed by atoms with Gasteiger partial charge in [0.05, 0.1) is 11.1 Å². The van der Waals surface area contributed by atoms with E-state index in [9.17, 15) is 48.7 Å². The van der Waals surface area contributed by atoms with Gasteiger partial charge in [-0.2, -0.15) is 26.3 Å². The smallest absolute Gasteiger partial charge is 0.457 e. The van der Waals surface area contributed by atoms with Crippen molar-refractivity contribution in [3.05, 3.63) is 83.2 Å². The van der Waals surface area contributed by atoms with Gasteiger partial charge in [-0.3, -0.25) is 4.79 Å². The lowest BCUT2D eigenvalue weighted by Crippen LogP contribution is -2.21. The van der Waals surface area contributed by atoms with Crippen molar-refractivity contribution in [3.63, 3.8) is 0 Å². The number of rotatable bonds is 5. The second kappa shape index (κ2) is 9.59. The average molecular weight is 527 g/mol. The lowest BCUT2D eigenvalue weighted by atomic mass is 10.1. The van der Waals surface area contributed by atoms with Gasteiger partial charge in [-0.25, -0.2) is 4.39 Å². The Labute approximate surface area is 195 Å². The number of halogens is 10. The number of carbonyl (C=O) groups is 1. The van der Waals surface area contributed by atoms with Crippen molar-refractivity contribution in [1.82, 2.24) is 0 Å². The first-order valence-corrected chi connectivity index (χ1v) is 9.46. The monoisotopic (exact) mass is 527 g/mol. The quantitative estimate of drug-likeness (QED) is 0.345. The zero-order valence-electron chi connectivity index (χ0n) is 17.3. The molecule has 0 unspecified atom stereocenters. The highest BCUT2D eigenvalue weighted by atomic mass is 19.4. The zero-order chi connectivity index (χ0) is 26.9. The summed E-state index contributed by atoms with van der Waals surface area (Å²) in [6.07, 6.45) is -15.4. The van der Waals surface area contributed by atoms with E-state index in [0.717, 1.165) is 36.4 Å². The normalized spacial score (nSPS) is 12.3. The van der Waals surface area contributed by atoms with Crippen LogP contribution < -0.4 is 14.8 Å². The molecule has 0 heterocycles. The maximum absolute atomic E-state index is 14.0. The average Bonchev–Trinajstić information content (AvgIpc) is 2.72. The highest BCUT2D eigenvalue weighted by Crippen LogP contribution is 2.39. The molecule has 1 amide bonds. The lowest BCUT2D eigenvalue weighted by molar-refractivity contribution is -0.274. The molecule has 36 heavy (non-hydrogen) atoms. The molecule has 192 valence electrons. The van der Waals surface area contributed by atoms with Crippen molar-refractivity contribution >= 4 is 11.6 Å². The lowest BCUT2D eigenvalue weighted by Gasteiger charge is -2.15. The molecule has 0 saturated heterocycles. The Hall–Kier alpha value is -3.97. The Bertz CT molecular complexity index is 1220. The number of nitrogens with one attached hydrogen (secondary N) is 1. The predicted molar refractivity (Wildman–Crippen MR) is 104 cm³/mol. The van der Waals surface area contributed by atoms with Crippen LogP contribution in [0, 0.1) is 5.82 Å². The van der Waals surface area contributed by atoms with Gasteiger partial charge in [-0.1, -0.05) is 6.07 Å². The molecule has 0 fully saturated rings. The van der Waals surface area contributed by atoms with Gasteiger partial charge >= 0.3 is 18.7 Å². The van der Waals surface area contributed by atoms with Crippen molar-refractivity contribution in [1.29, 1.82) is 0 Å². The summed E-state index contributed by atoms with van der Waals surface area (Å²) in [5.41, 5.74) is -4.37. The van der Waals surface area contributed by atoms with Crippen molar-refractivity contribution in [2.45, 2.75) is 18.7 Å². The molecule has 0 aliphatic carbocycles. The van der Waals surface area contributed by atoms with Gasteiger partial charge in [0.25, 0.3) is 5.91 Å². The van der Waals surface area contributed by atoms with Gasteiger partial charge in [0, 0.05) is 5.69 Å². The molecule has 3 rings (SSSR count). The van der Waals surface area contributed by atoms with Crippen LogP contribution in [-0.4, -0.2) is 12.3 Å². The molecule has 0 aliphatic heterocycles. The fourth-order valence-corrected chi connectivity index (χ4v) is 2.86. The third-order valence-electron chi connectivity index (χ3n) is 4.34. The maximum Gasteiger partial charge on any atom is 0.573 e. The molecular weight excluding hydrogens is 516 g/mol. The van der Waals surface area contributed by atoms with E-state index in [2.05, 4.69) is 10.1 Å². The van der Waals surface area contributed by atoms with Crippen LogP contribution in [0.1, 0.15) is 21.5 Å². The fourth-order valence-electron chi connectivity index (χ4n) is 2.86. The molecule has 0 spiro atoms. The van der Waals surface area contributed by atoms with Crippen LogP contribution in [0.5, 0.6) is 17.2 Å². The Kier molecular flexibility index (Phi) is 7.09. The van der Waals surface area contributed by atoms with Crippen LogP contribution in [0.15, 0.2) is 60.7 Å². The van der Waals surface area contributed by atoms with Crippen molar-refractivity contribution in [3.8, 4) is 17.2 Å². The van der Waals surface area contributed by atoms with E-state index in [1.54, 1.807) is 0 Å². The van der Waals surface area contributed by atoms with E-state index < -0.39 is 58.6 Å². The maximum atomic E-state index is 14.0. The molecule has 0 saturated carbocycles. The van der Waals surface area contributed by atoms with Gasteiger partial charge < -0.3 is 14.8 Å². The van der Waals surface area contributed by atoms with Gasteiger partial charge in [-0.15, -0.1) is 13.2 Å². The Morgan fingerprint density at radius 2 is 1.28 bits per heavy atom. The minimum atomic E-state index is -5.21. The van der Waals surface area contributed by atoms with Crippen LogP contribution in [-0.2, 0) is 12.4 Å². The second-order valence-electron chi connectivity index (χ2n) is 6.98. The molecule has 0 aromatic heterocycles. The second-order valence-corrected chi connectivity index (χ2v) is 6.98. The van der Waals surface area contributed by atoms with Crippen LogP contribution in [0.4, 0.5) is 49.6 Å². The van der Waals surface area contributed by atoms with Crippen molar-refractivity contribution in [2.75, 3.05) is 5.32 Å². The molecule has 0 bridgehead atoms. The number of amides is 1. The first kappa shape index (κ1) is 26.6. The highest BCUT2D eigenvalue weighted by Gasteiger charge is 2.37. The largest absolute Gasteiger partial charge is 0.573 e. The van der Waals surface area contributed by atoms with E-state index >= 15 is 0 Å². The Balaban J connectivity index is 1.81. The zero-order valence-corrected chi connectivity index (χ0v) is 17.3. The first-order chi connectivity index (χ1) is 16.5. The van der Waals surface area contributed by atoms with E-state index in [1.807, 2.05) is 0 Å². The number of hydrogen-bond acceptors (Lipinski definition) is 3. The Morgan fingerprint density at radius 1 is 0.722 bits per heavy atom. The number of hydrogen-bond donors (Lipinski definition) is 1. The third kappa shape index (κ3) is 6.79. The topological polar surface area (TPSA) is 47.6 Å². The number of alkyl halides is 9. The molecule has 3 aromatic carbocycles. The van der Waals surface area contributed by atoms with Crippen LogP contribution in [0.2, 0.25) is 0 Å². The molecule has 0 radical (unpaired) electrons. The standard InChI is InChI=1S/C22H11F10NO3/c23-16-2-1-3-17(36-22(30,31)32)18(16)19(34)33-13-4-6-14(7-5-13)35-15-9-11(20(24,25)26)8-12(10-15)21(27,28)29/h1-10H,(H,33,34). The van der Waals surface area contributed by atoms with Gasteiger partial charge in [0.15, 0.2) is 0 Å². The number of anilines is 1. The number of ether oxygens (including phenoxy) is 2. The van der Waals surface area contributed by atoms with E-state index in [0.29, 0.717) is 18.2 Å². The Morgan fingerprint density at radius 3 is 1.78 bits per heavy atom. The SMILES string of the molecule is O=C(Nc1ccc(Oc2cc(C(F)(F)F)cc(C(F)(F)F)c2)cc1)c1c(F)cccc1OC(F)(F)F. The summed E-state index contributed by atoms with van der Waals surface area (Å²) in [6.45, 7) is 0. The summed E-state index contributed by atoms with van der Waals surface area (Å²) in [7, 11) is 0. The molecular formula is C22H11F10NO3. The third-order valence-corrected chi connectivity index (χ3v) is 4.34. The minimum absolute atomic E-state index is 0.0784. The molecule has 4 nitrogen and oxygen atoms in total. The highest BCUT2D eigenvalue weighted by molar-refractivity contribution is 6.06. The summed E-state index contributed by atoms with van der Waals surface area (Å²) < 4.78 is 138. The van der Waals surface area contributed by atoms with Gasteiger partial charge in [0.1, 0.15) is 28.6 Å². The van der Waals surface area contributed by atoms with E-state index in [1.165, 1.54) is 0 Å². The van der Waals surface area contributed by atoms with Crippen LogP contribution in [0.25, 0.3) is 0 Å². The molecule has 1 N–H and O–H groups in total. The molecule has 0 aliphatic rings. The van der Waals surface area contributed by atoms with E-state index in [-0.39, 0.29) is 17.5 Å². The number of benzene rings is 3. The summed E-state index contributed by atoms with van der Waals surface area (Å²) in [6, 6.07) is 7.16. The van der Waals surface area contributed by atoms with E-state index in [4.69, 9.17) is 4.74 Å². The van der Waals surface area contributed by atoms with Crippen LogP contribution >= 0.6 is 0 Å². The van der Waals surface area contributed by atoms with Crippen LogP contribution in [0.3, 0.4) is 0 Å². The first-order valence-electron chi connectivity index (χ1n) is 9.46. The molecule has 0 atom stereocenters.